The van der Waals surface area contributed by atoms with Gasteiger partial charge in [-0.25, -0.2) is 4.39 Å². The van der Waals surface area contributed by atoms with Crippen LogP contribution < -0.4 is 5.32 Å². The number of hydrogen-bond acceptors (Lipinski definition) is 3. The minimum absolute atomic E-state index is 0.112. The van der Waals surface area contributed by atoms with Gasteiger partial charge in [-0.3, -0.25) is 0 Å². The third-order valence-electron chi connectivity index (χ3n) is 3.34. The number of nitrogens with zero attached hydrogens (tertiary/aromatic N) is 2. The SMILES string of the molecule is Cc1ccc(C(C)Nc2ccc(C#N)c(C#N)c2)cc1F. The molecular weight excluding hydrogens is 265 g/mol. The molecule has 1 unspecified atom stereocenters. The molecule has 0 radical (unpaired) electrons. The van der Waals surface area contributed by atoms with Crippen molar-refractivity contribution in [2.45, 2.75) is 19.9 Å². The van der Waals surface area contributed by atoms with Gasteiger partial charge in [0.25, 0.3) is 0 Å². The molecule has 0 aliphatic rings. The molecule has 104 valence electrons. The highest BCUT2D eigenvalue weighted by atomic mass is 19.1. The van der Waals surface area contributed by atoms with Gasteiger partial charge in [0.1, 0.15) is 18.0 Å². The number of halogens is 1. The Hall–Kier alpha value is -2.85. The summed E-state index contributed by atoms with van der Waals surface area (Å²) < 4.78 is 13.6. The Kier molecular flexibility index (Phi) is 4.21. The molecule has 1 N–H and O–H groups in total. The van der Waals surface area contributed by atoms with Crippen LogP contribution in [0.15, 0.2) is 36.4 Å². The zero-order chi connectivity index (χ0) is 15.4. The number of aryl methyl sites for hydroxylation is 1. The van der Waals surface area contributed by atoms with Crippen LogP contribution in [0.2, 0.25) is 0 Å². The van der Waals surface area contributed by atoms with Crippen molar-refractivity contribution in [3.8, 4) is 12.1 Å². The van der Waals surface area contributed by atoms with Crippen LogP contribution in [0.5, 0.6) is 0 Å². The molecule has 0 heterocycles. The standard InChI is InChI=1S/C17H14FN3/c1-11-3-4-13(8-17(11)18)12(2)21-16-6-5-14(9-19)15(7-16)10-20/h3-8,12,21H,1-2H3. The molecule has 3 nitrogen and oxygen atoms in total. The van der Waals surface area contributed by atoms with Gasteiger partial charge in [-0.15, -0.1) is 0 Å². The van der Waals surface area contributed by atoms with E-state index in [-0.39, 0.29) is 11.9 Å². The summed E-state index contributed by atoms with van der Waals surface area (Å²) in [5.74, 6) is -0.237. The molecule has 21 heavy (non-hydrogen) atoms. The van der Waals surface area contributed by atoms with E-state index >= 15 is 0 Å². The number of benzene rings is 2. The van der Waals surface area contributed by atoms with Crippen molar-refractivity contribution in [1.29, 1.82) is 10.5 Å². The number of anilines is 1. The van der Waals surface area contributed by atoms with Gasteiger partial charge in [0, 0.05) is 11.7 Å². The van der Waals surface area contributed by atoms with Crippen molar-refractivity contribution in [2.75, 3.05) is 5.32 Å². The third kappa shape index (κ3) is 3.19. The van der Waals surface area contributed by atoms with E-state index in [4.69, 9.17) is 10.5 Å². The van der Waals surface area contributed by atoms with E-state index in [9.17, 15) is 4.39 Å². The summed E-state index contributed by atoms with van der Waals surface area (Å²) in [5.41, 5.74) is 2.82. The molecule has 0 aliphatic heterocycles. The minimum atomic E-state index is -0.237. The predicted octanol–water partition coefficient (Wildman–Crippen LogP) is 4.05. The fourth-order valence-electron chi connectivity index (χ4n) is 2.04. The Bertz CT molecular complexity index is 754. The quantitative estimate of drug-likeness (QED) is 0.922. The van der Waals surface area contributed by atoms with Crippen LogP contribution in [0.1, 0.15) is 35.2 Å². The van der Waals surface area contributed by atoms with Crippen LogP contribution in [0.4, 0.5) is 10.1 Å². The second-order valence-electron chi connectivity index (χ2n) is 4.86. The zero-order valence-corrected chi connectivity index (χ0v) is 11.8. The van der Waals surface area contributed by atoms with E-state index in [1.54, 1.807) is 31.2 Å². The Morgan fingerprint density at radius 2 is 1.76 bits per heavy atom. The van der Waals surface area contributed by atoms with Crippen molar-refractivity contribution in [3.05, 3.63) is 64.5 Å². The van der Waals surface area contributed by atoms with Gasteiger partial charge >= 0.3 is 0 Å². The molecule has 0 aliphatic carbocycles. The van der Waals surface area contributed by atoms with Gasteiger partial charge < -0.3 is 5.32 Å². The fourth-order valence-corrected chi connectivity index (χ4v) is 2.04. The van der Waals surface area contributed by atoms with Gasteiger partial charge in [-0.1, -0.05) is 12.1 Å². The van der Waals surface area contributed by atoms with Crippen molar-refractivity contribution in [2.24, 2.45) is 0 Å². The molecule has 0 spiro atoms. The second-order valence-corrected chi connectivity index (χ2v) is 4.86. The average Bonchev–Trinajstić information content (AvgIpc) is 2.49. The molecule has 0 saturated heterocycles. The zero-order valence-electron chi connectivity index (χ0n) is 11.8. The highest BCUT2D eigenvalue weighted by Gasteiger charge is 2.09. The van der Waals surface area contributed by atoms with Crippen LogP contribution in [-0.2, 0) is 0 Å². The molecule has 1 atom stereocenters. The lowest BCUT2D eigenvalue weighted by Gasteiger charge is -2.16. The summed E-state index contributed by atoms with van der Waals surface area (Å²) in [6.07, 6.45) is 0. The Morgan fingerprint density at radius 1 is 1.05 bits per heavy atom. The second kappa shape index (κ2) is 6.07. The van der Waals surface area contributed by atoms with Gasteiger partial charge in [0.05, 0.1) is 11.1 Å². The average molecular weight is 279 g/mol. The first-order chi connectivity index (χ1) is 10.0. The van der Waals surface area contributed by atoms with Gasteiger partial charge in [-0.2, -0.15) is 10.5 Å². The molecule has 0 fully saturated rings. The largest absolute Gasteiger partial charge is 0.378 e. The van der Waals surface area contributed by atoms with Gasteiger partial charge in [-0.05, 0) is 49.2 Å². The molecule has 2 rings (SSSR count). The maximum Gasteiger partial charge on any atom is 0.126 e. The highest BCUT2D eigenvalue weighted by molar-refractivity contribution is 5.57. The van der Waals surface area contributed by atoms with Crippen LogP contribution in [0.3, 0.4) is 0 Å². The van der Waals surface area contributed by atoms with Crippen molar-refractivity contribution >= 4 is 5.69 Å². The topological polar surface area (TPSA) is 59.6 Å². The molecule has 0 aromatic heterocycles. The van der Waals surface area contributed by atoms with E-state index in [1.807, 2.05) is 25.1 Å². The lowest BCUT2D eigenvalue weighted by molar-refractivity contribution is 0.614. The monoisotopic (exact) mass is 279 g/mol. The Balaban J connectivity index is 2.23. The van der Waals surface area contributed by atoms with Crippen molar-refractivity contribution in [3.63, 3.8) is 0 Å². The molecule has 2 aromatic rings. The first-order valence-electron chi connectivity index (χ1n) is 6.52. The van der Waals surface area contributed by atoms with E-state index in [0.717, 1.165) is 11.3 Å². The summed E-state index contributed by atoms with van der Waals surface area (Å²) in [5, 5.41) is 21.1. The maximum atomic E-state index is 13.6. The predicted molar refractivity (Wildman–Crippen MR) is 79.0 cm³/mol. The Morgan fingerprint density at radius 3 is 2.38 bits per heavy atom. The third-order valence-corrected chi connectivity index (χ3v) is 3.34. The molecule has 0 amide bonds. The van der Waals surface area contributed by atoms with Crippen LogP contribution >= 0.6 is 0 Å². The molecule has 0 saturated carbocycles. The summed E-state index contributed by atoms with van der Waals surface area (Å²) in [6.45, 7) is 3.63. The normalized spacial score (nSPS) is 11.3. The molecule has 2 aromatic carbocycles. The summed E-state index contributed by atoms with van der Waals surface area (Å²) >= 11 is 0. The minimum Gasteiger partial charge on any atom is -0.378 e. The first-order valence-corrected chi connectivity index (χ1v) is 6.52. The van der Waals surface area contributed by atoms with Crippen molar-refractivity contribution in [1.82, 2.24) is 0 Å². The molecule has 4 heteroatoms. The van der Waals surface area contributed by atoms with E-state index in [2.05, 4.69) is 5.32 Å². The summed E-state index contributed by atoms with van der Waals surface area (Å²) in [7, 11) is 0. The molecule has 0 bridgehead atoms. The van der Waals surface area contributed by atoms with Crippen LogP contribution in [0, 0.1) is 35.4 Å². The molecular formula is C17H14FN3. The fraction of sp³-hybridized carbons (Fsp3) is 0.176. The first kappa shape index (κ1) is 14.6. The number of nitriles is 2. The number of hydrogen-bond donors (Lipinski definition) is 1. The number of rotatable bonds is 3. The smallest absolute Gasteiger partial charge is 0.126 e. The maximum absolute atomic E-state index is 13.6. The van der Waals surface area contributed by atoms with E-state index < -0.39 is 0 Å². The van der Waals surface area contributed by atoms with Crippen LogP contribution in [-0.4, -0.2) is 0 Å². The highest BCUT2D eigenvalue weighted by Crippen LogP contribution is 2.22. The lowest BCUT2D eigenvalue weighted by Crippen LogP contribution is -2.07. The van der Waals surface area contributed by atoms with Crippen LogP contribution in [0.25, 0.3) is 0 Å². The summed E-state index contributed by atoms with van der Waals surface area (Å²) in [6, 6.07) is 13.9. The van der Waals surface area contributed by atoms with E-state index in [0.29, 0.717) is 16.7 Å². The lowest BCUT2D eigenvalue weighted by atomic mass is 10.0. The Labute approximate surface area is 123 Å². The number of nitrogens with one attached hydrogen (secondary N) is 1. The van der Waals surface area contributed by atoms with Crippen molar-refractivity contribution < 1.29 is 4.39 Å². The van der Waals surface area contributed by atoms with Gasteiger partial charge in [0.15, 0.2) is 0 Å². The van der Waals surface area contributed by atoms with Gasteiger partial charge in [0.2, 0.25) is 0 Å². The summed E-state index contributed by atoms with van der Waals surface area (Å²) in [4.78, 5) is 0. The van der Waals surface area contributed by atoms with E-state index in [1.165, 1.54) is 6.07 Å².